The number of benzene rings is 2. The third-order valence-electron chi connectivity index (χ3n) is 6.58. The second-order valence-electron chi connectivity index (χ2n) is 9.00. The molecule has 0 unspecified atom stereocenters. The van der Waals surface area contributed by atoms with Gasteiger partial charge in [-0.1, -0.05) is 23.7 Å². The third kappa shape index (κ3) is 6.29. The average Bonchev–Trinajstić information content (AvgIpc) is 3.64. The summed E-state index contributed by atoms with van der Waals surface area (Å²) >= 11 is 5.91. The van der Waals surface area contributed by atoms with E-state index in [-0.39, 0.29) is 35.7 Å². The van der Waals surface area contributed by atoms with Gasteiger partial charge in [-0.25, -0.2) is 0 Å². The number of carboxylic acids is 1. The van der Waals surface area contributed by atoms with Gasteiger partial charge >= 0.3 is 5.97 Å². The molecule has 2 amide bonds. The van der Waals surface area contributed by atoms with E-state index in [2.05, 4.69) is 10.6 Å². The average molecular weight is 485 g/mol. The molecule has 0 radical (unpaired) electrons. The van der Waals surface area contributed by atoms with Crippen molar-refractivity contribution < 1.29 is 24.2 Å². The molecule has 0 heterocycles. The van der Waals surface area contributed by atoms with Crippen LogP contribution in [0.5, 0.6) is 5.75 Å². The lowest BCUT2D eigenvalue weighted by Crippen LogP contribution is -2.35. The highest BCUT2D eigenvalue weighted by Crippen LogP contribution is 2.47. The number of aliphatic carboxylic acids is 1. The second kappa shape index (κ2) is 10.9. The van der Waals surface area contributed by atoms with Crippen molar-refractivity contribution in [3.05, 3.63) is 64.7 Å². The van der Waals surface area contributed by atoms with Gasteiger partial charge in [0, 0.05) is 29.6 Å². The highest BCUT2D eigenvalue weighted by Gasteiger charge is 2.43. The Morgan fingerprint density at radius 1 is 0.912 bits per heavy atom. The minimum atomic E-state index is -0.733. The molecule has 0 aromatic heterocycles. The molecule has 4 rings (SSSR count). The summed E-state index contributed by atoms with van der Waals surface area (Å²) in [4.78, 5) is 35.8. The van der Waals surface area contributed by atoms with Crippen LogP contribution >= 0.6 is 11.6 Å². The fourth-order valence-corrected chi connectivity index (χ4v) is 4.59. The molecule has 180 valence electrons. The predicted molar refractivity (Wildman–Crippen MR) is 128 cm³/mol. The van der Waals surface area contributed by atoms with Gasteiger partial charge in [0.2, 0.25) is 5.91 Å². The zero-order chi connectivity index (χ0) is 24.1. The highest BCUT2D eigenvalue weighted by molar-refractivity contribution is 6.30. The number of hydrogen-bond donors (Lipinski definition) is 3. The Morgan fingerprint density at radius 3 is 2.21 bits per heavy atom. The van der Waals surface area contributed by atoms with Crippen molar-refractivity contribution in [2.24, 2.45) is 11.8 Å². The van der Waals surface area contributed by atoms with Gasteiger partial charge in [-0.3, -0.25) is 14.4 Å². The van der Waals surface area contributed by atoms with Gasteiger partial charge in [-0.05, 0) is 80.0 Å². The summed E-state index contributed by atoms with van der Waals surface area (Å²) in [6.07, 6.45) is 3.51. The number of ether oxygens (including phenoxy) is 1. The first-order chi connectivity index (χ1) is 16.4. The fourth-order valence-electron chi connectivity index (χ4n) is 4.46. The van der Waals surface area contributed by atoms with Gasteiger partial charge in [0.15, 0.2) is 0 Å². The Balaban J connectivity index is 1.14. The zero-order valence-electron chi connectivity index (χ0n) is 18.8. The molecule has 3 N–H and O–H groups in total. The number of carbonyl (C=O) groups is 3. The quantitative estimate of drug-likeness (QED) is 0.466. The van der Waals surface area contributed by atoms with E-state index in [1.54, 1.807) is 24.3 Å². The van der Waals surface area contributed by atoms with Crippen molar-refractivity contribution in [2.75, 3.05) is 13.1 Å². The van der Waals surface area contributed by atoms with E-state index in [0.29, 0.717) is 55.1 Å². The molecule has 7 nitrogen and oxygen atoms in total. The minimum Gasteiger partial charge on any atom is -0.490 e. The summed E-state index contributed by atoms with van der Waals surface area (Å²) in [6.45, 7) is 0.711. The summed E-state index contributed by atoms with van der Waals surface area (Å²) in [5, 5.41) is 15.5. The lowest BCUT2D eigenvalue weighted by molar-refractivity contribution is -0.143. The second-order valence-corrected chi connectivity index (χ2v) is 9.44. The molecule has 0 spiro atoms. The van der Waals surface area contributed by atoms with Crippen LogP contribution in [0.25, 0.3) is 0 Å². The number of carboxylic acid groups (broad SMARTS) is 1. The molecule has 2 saturated carbocycles. The maximum absolute atomic E-state index is 12.4. The molecule has 2 aliphatic rings. The molecule has 2 aliphatic carbocycles. The van der Waals surface area contributed by atoms with Crippen LogP contribution < -0.4 is 15.4 Å². The third-order valence-corrected chi connectivity index (χ3v) is 6.83. The molecular weight excluding hydrogens is 456 g/mol. The Morgan fingerprint density at radius 2 is 1.56 bits per heavy atom. The van der Waals surface area contributed by atoms with Crippen molar-refractivity contribution >= 4 is 29.4 Å². The van der Waals surface area contributed by atoms with Crippen molar-refractivity contribution in [1.29, 1.82) is 0 Å². The monoisotopic (exact) mass is 484 g/mol. The highest BCUT2D eigenvalue weighted by atomic mass is 35.5. The smallest absolute Gasteiger partial charge is 0.306 e. The van der Waals surface area contributed by atoms with E-state index >= 15 is 0 Å². The first-order valence-electron chi connectivity index (χ1n) is 11.7. The van der Waals surface area contributed by atoms with Gasteiger partial charge in [0.1, 0.15) is 5.75 Å². The number of nitrogens with one attached hydrogen (secondary N) is 2. The van der Waals surface area contributed by atoms with Crippen molar-refractivity contribution in [1.82, 2.24) is 10.6 Å². The van der Waals surface area contributed by atoms with Crippen LogP contribution in [0.15, 0.2) is 48.5 Å². The topological polar surface area (TPSA) is 105 Å². The van der Waals surface area contributed by atoms with Crippen molar-refractivity contribution in [3.8, 4) is 5.75 Å². The van der Waals surface area contributed by atoms with Crippen LogP contribution in [0, 0.1) is 11.8 Å². The normalized spacial score (nSPS) is 23.6. The van der Waals surface area contributed by atoms with Crippen LogP contribution in [0.4, 0.5) is 0 Å². The van der Waals surface area contributed by atoms with Gasteiger partial charge in [-0.2, -0.15) is 0 Å². The van der Waals surface area contributed by atoms with Crippen LogP contribution in [0.2, 0.25) is 5.02 Å². The van der Waals surface area contributed by atoms with Gasteiger partial charge < -0.3 is 20.5 Å². The summed E-state index contributed by atoms with van der Waals surface area (Å²) < 4.78 is 5.94. The Hall–Kier alpha value is -3.06. The molecule has 0 aliphatic heterocycles. The first-order valence-corrected chi connectivity index (χ1v) is 12.1. The molecule has 2 aromatic carbocycles. The fraction of sp³-hybridized carbons (Fsp3) is 0.423. The molecule has 0 saturated heterocycles. The number of halogens is 1. The minimum absolute atomic E-state index is 0.00430. The molecular formula is C26H29ClN2O5. The Labute approximate surface area is 203 Å². The molecule has 0 bridgehead atoms. The lowest BCUT2D eigenvalue weighted by Gasteiger charge is -2.26. The molecule has 34 heavy (non-hydrogen) atoms. The standard InChI is InChI=1S/C26H29ClN2O5/c27-19-7-1-16(2-8-19)22-15-23(22)25(31)29-14-13-28-24(30)17-3-9-20(10-4-17)34-21-11-5-18(6-12-21)26(32)33/h1-4,7-10,18,21-23H,5-6,11-15H2,(H,28,30)(H,29,31)(H,32,33)/t18-,21+,22-,23+/m1/s1. The molecule has 2 aromatic rings. The van der Waals surface area contributed by atoms with Crippen LogP contribution in [0.1, 0.15) is 53.9 Å². The van der Waals surface area contributed by atoms with E-state index in [9.17, 15) is 14.4 Å². The van der Waals surface area contributed by atoms with Crippen LogP contribution in [-0.4, -0.2) is 42.1 Å². The van der Waals surface area contributed by atoms with E-state index in [1.165, 1.54) is 0 Å². The summed E-state index contributed by atoms with van der Waals surface area (Å²) in [6, 6.07) is 14.5. The summed E-state index contributed by atoms with van der Waals surface area (Å²) in [7, 11) is 0. The SMILES string of the molecule is O=C(NCCNC(=O)[C@H]1C[C@@H]1c1ccc(Cl)cc1)c1ccc(O[C@H]2CC[C@@H](C(=O)O)CC2)cc1. The van der Waals surface area contributed by atoms with Crippen molar-refractivity contribution in [2.45, 2.75) is 44.1 Å². The summed E-state index contributed by atoms with van der Waals surface area (Å²) in [5.41, 5.74) is 1.64. The van der Waals surface area contributed by atoms with E-state index in [0.717, 1.165) is 12.0 Å². The summed E-state index contributed by atoms with van der Waals surface area (Å²) in [5.74, 6) is -0.333. The van der Waals surface area contributed by atoms with E-state index in [4.69, 9.17) is 21.4 Å². The Bertz CT molecular complexity index is 1020. The largest absolute Gasteiger partial charge is 0.490 e. The van der Waals surface area contributed by atoms with Gasteiger partial charge in [0.25, 0.3) is 5.91 Å². The van der Waals surface area contributed by atoms with E-state index < -0.39 is 5.97 Å². The number of amides is 2. The number of hydrogen-bond acceptors (Lipinski definition) is 4. The lowest BCUT2D eigenvalue weighted by atomic mass is 9.87. The zero-order valence-corrected chi connectivity index (χ0v) is 19.6. The van der Waals surface area contributed by atoms with Crippen LogP contribution in [-0.2, 0) is 9.59 Å². The maximum Gasteiger partial charge on any atom is 0.306 e. The van der Waals surface area contributed by atoms with Gasteiger partial charge in [-0.15, -0.1) is 0 Å². The number of carbonyl (C=O) groups excluding carboxylic acids is 2. The van der Waals surface area contributed by atoms with Crippen molar-refractivity contribution in [3.63, 3.8) is 0 Å². The van der Waals surface area contributed by atoms with Crippen LogP contribution in [0.3, 0.4) is 0 Å². The molecule has 2 atom stereocenters. The number of rotatable bonds is 9. The first kappa shape index (κ1) is 24.1. The molecule has 2 fully saturated rings. The molecule has 8 heteroatoms. The van der Waals surface area contributed by atoms with Gasteiger partial charge in [0.05, 0.1) is 12.0 Å². The van der Waals surface area contributed by atoms with E-state index in [1.807, 2.05) is 24.3 Å². The predicted octanol–water partition coefficient (Wildman–Crippen LogP) is 4.01. The Kier molecular flexibility index (Phi) is 7.73. The maximum atomic E-state index is 12.4.